The molecule has 4 rings (SSSR count). The number of nitrogens with two attached hydrogens (primary N) is 1. The summed E-state index contributed by atoms with van der Waals surface area (Å²) in [5.41, 5.74) is 9.42. The van der Waals surface area contributed by atoms with Crippen molar-refractivity contribution in [1.29, 1.82) is 5.26 Å². The second-order valence-electron chi connectivity index (χ2n) is 6.22. The van der Waals surface area contributed by atoms with Gasteiger partial charge in [-0.3, -0.25) is 5.10 Å². The molecule has 2 heterocycles. The second-order valence-corrected chi connectivity index (χ2v) is 6.63. The Balaban J connectivity index is 1.89. The summed E-state index contributed by atoms with van der Waals surface area (Å²) in [6.45, 7) is 2.53. The Labute approximate surface area is 167 Å². The molecule has 1 aliphatic rings. The normalized spacial score (nSPS) is 15.5. The first-order valence-corrected chi connectivity index (χ1v) is 9.15. The van der Waals surface area contributed by atoms with E-state index in [9.17, 15) is 5.26 Å². The Bertz CT molecular complexity index is 1100. The van der Waals surface area contributed by atoms with Crippen LogP contribution in [0.3, 0.4) is 0 Å². The number of nitrogens with zero attached hydrogens (tertiary/aromatic N) is 2. The van der Waals surface area contributed by atoms with Gasteiger partial charge in [-0.25, -0.2) is 0 Å². The van der Waals surface area contributed by atoms with Gasteiger partial charge in [-0.05, 0) is 42.8 Å². The topological polar surface area (TPSA) is 97.0 Å². The van der Waals surface area contributed by atoms with Crippen molar-refractivity contribution in [1.82, 2.24) is 10.2 Å². The van der Waals surface area contributed by atoms with Crippen LogP contribution >= 0.6 is 11.6 Å². The lowest BCUT2D eigenvalue weighted by atomic mass is 9.83. The summed E-state index contributed by atoms with van der Waals surface area (Å²) < 4.78 is 11.1. The Morgan fingerprint density at radius 3 is 2.68 bits per heavy atom. The van der Waals surface area contributed by atoms with E-state index >= 15 is 0 Å². The molecule has 28 heavy (non-hydrogen) atoms. The van der Waals surface area contributed by atoms with Gasteiger partial charge in [0.25, 0.3) is 0 Å². The molecule has 3 aromatic rings. The minimum atomic E-state index is -0.484. The molecule has 1 atom stereocenters. The number of aromatic nitrogens is 2. The molecular formula is C21H17ClN4O2. The number of hydrogen-bond acceptors (Lipinski definition) is 5. The van der Waals surface area contributed by atoms with Crippen molar-refractivity contribution >= 4 is 11.6 Å². The molecule has 0 amide bonds. The van der Waals surface area contributed by atoms with Gasteiger partial charge in [0, 0.05) is 10.6 Å². The molecule has 2 aromatic carbocycles. The summed E-state index contributed by atoms with van der Waals surface area (Å²) in [4.78, 5) is 0. The van der Waals surface area contributed by atoms with Crippen molar-refractivity contribution < 1.29 is 9.47 Å². The first-order valence-electron chi connectivity index (χ1n) is 8.77. The van der Waals surface area contributed by atoms with Crippen LogP contribution in [0.25, 0.3) is 11.3 Å². The van der Waals surface area contributed by atoms with Crippen LogP contribution in [0, 0.1) is 11.3 Å². The molecule has 7 heteroatoms. The van der Waals surface area contributed by atoms with E-state index in [1.54, 1.807) is 6.07 Å². The van der Waals surface area contributed by atoms with Gasteiger partial charge in [0.15, 0.2) is 0 Å². The lowest BCUT2D eigenvalue weighted by molar-refractivity contribution is 0.340. The molecule has 0 spiro atoms. The zero-order chi connectivity index (χ0) is 19.7. The van der Waals surface area contributed by atoms with Crippen LogP contribution in [-0.2, 0) is 0 Å². The van der Waals surface area contributed by atoms with Crippen LogP contribution < -0.4 is 15.2 Å². The monoisotopic (exact) mass is 392 g/mol. The van der Waals surface area contributed by atoms with Gasteiger partial charge in [-0.2, -0.15) is 5.26 Å². The fourth-order valence-corrected chi connectivity index (χ4v) is 3.61. The van der Waals surface area contributed by atoms with E-state index in [0.29, 0.717) is 23.1 Å². The fraction of sp³-hybridized carbons (Fsp3) is 0.143. The van der Waals surface area contributed by atoms with E-state index < -0.39 is 5.92 Å². The SMILES string of the molecule is CCOc1ccc(-c2[nH]nc3c2C(c2ccccc2Cl)C(C#N)=C(N)O3)cc1. The van der Waals surface area contributed by atoms with Gasteiger partial charge in [0.2, 0.25) is 11.8 Å². The van der Waals surface area contributed by atoms with Crippen molar-refractivity contribution in [2.24, 2.45) is 5.73 Å². The summed E-state index contributed by atoms with van der Waals surface area (Å²) in [5.74, 6) is 0.665. The summed E-state index contributed by atoms with van der Waals surface area (Å²) in [6.07, 6.45) is 0. The number of fused-ring (bicyclic) bond motifs is 1. The highest BCUT2D eigenvalue weighted by Gasteiger charge is 2.36. The zero-order valence-electron chi connectivity index (χ0n) is 15.1. The molecule has 1 aromatic heterocycles. The number of benzene rings is 2. The van der Waals surface area contributed by atoms with Crippen molar-refractivity contribution in [3.8, 4) is 29.0 Å². The quantitative estimate of drug-likeness (QED) is 0.688. The van der Waals surface area contributed by atoms with Gasteiger partial charge in [-0.1, -0.05) is 29.8 Å². The molecule has 0 saturated carbocycles. The second kappa shape index (κ2) is 7.29. The molecule has 0 fully saturated rings. The number of halogens is 1. The maximum atomic E-state index is 9.75. The number of ether oxygens (including phenoxy) is 2. The summed E-state index contributed by atoms with van der Waals surface area (Å²) >= 11 is 6.45. The van der Waals surface area contributed by atoms with Gasteiger partial charge in [0.05, 0.1) is 23.8 Å². The summed E-state index contributed by atoms with van der Waals surface area (Å²) in [6, 6.07) is 17.2. The average molecular weight is 393 g/mol. The van der Waals surface area contributed by atoms with Crippen molar-refractivity contribution in [2.75, 3.05) is 6.61 Å². The molecule has 0 radical (unpaired) electrons. The fourth-order valence-electron chi connectivity index (χ4n) is 3.37. The van der Waals surface area contributed by atoms with Crippen LogP contribution in [0.15, 0.2) is 60.0 Å². The maximum absolute atomic E-state index is 9.75. The van der Waals surface area contributed by atoms with E-state index in [-0.39, 0.29) is 5.88 Å². The Hall–Kier alpha value is -3.43. The minimum Gasteiger partial charge on any atom is -0.494 e. The predicted molar refractivity (Wildman–Crippen MR) is 106 cm³/mol. The highest BCUT2D eigenvalue weighted by atomic mass is 35.5. The number of nitriles is 1. The molecule has 3 N–H and O–H groups in total. The largest absolute Gasteiger partial charge is 0.494 e. The van der Waals surface area contributed by atoms with E-state index in [0.717, 1.165) is 28.1 Å². The molecule has 1 unspecified atom stereocenters. The minimum absolute atomic E-state index is 0.0321. The molecular weight excluding hydrogens is 376 g/mol. The molecule has 0 bridgehead atoms. The Morgan fingerprint density at radius 2 is 2.00 bits per heavy atom. The van der Waals surface area contributed by atoms with Gasteiger partial charge in [0.1, 0.15) is 17.4 Å². The van der Waals surface area contributed by atoms with Gasteiger partial charge in [-0.15, -0.1) is 5.10 Å². The van der Waals surface area contributed by atoms with E-state index in [1.165, 1.54) is 0 Å². The van der Waals surface area contributed by atoms with Gasteiger partial charge >= 0.3 is 0 Å². The van der Waals surface area contributed by atoms with Crippen LogP contribution in [0.2, 0.25) is 5.02 Å². The first-order chi connectivity index (χ1) is 13.6. The smallest absolute Gasteiger partial charge is 0.244 e. The number of hydrogen-bond donors (Lipinski definition) is 2. The average Bonchev–Trinajstić information content (AvgIpc) is 3.12. The highest BCUT2D eigenvalue weighted by molar-refractivity contribution is 6.31. The van der Waals surface area contributed by atoms with Crippen LogP contribution in [0.4, 0.5) is 0 Å². The first kappa shape index (κ1) is 18.0. The Morgan fingerprint density at radius 1 is 1.25 bits per heavy atom. The van der Waals surface area contributed by atoms with Crippen molar-refractivity contribution in [3.63, 3.8) is 0 Å². The molecule has 6 nitrogen and oxygen atoms in total. The summed E-state index contributed by atoms with van der Waals surface area (Å²) in [5, 5.41) is 17.6. The lowest BCUT2D eigenvalue weighted by Gasteiger charge is -2.24. The maximum Gasteiger partial charge on any atom is 0.244 e. The number of nitrogens with one attached hydrogen (secondary N) is 1. The third-order valence-electron chi connectivity index (χ3n) is 4.61. The summed E-state index contributed by atoms with van der Waals surface area (Å²) in [7, 11) is 0. The van der Waals surface area contributed by atoms with Crippen LogP contribution in [-0.4, -0.2) is 16.8 Å². The Kier molecular flexibility index (Phi) is 4.68. The number of allylic oxidation sites excluding steroid dienone is 1. The van der Waals surface area contributed by atoms with E-state index in [4.69, 9.17) is 26.8 Å². The van der Waals surface area contributed by atoms with E-state index in [1.807, 2.05) is 49.4 Å². The number of aromatic amines is 1. The highest BCUT2D eigenvalue weighted by Crippen LogP contribution is 2.47. The van der Waals surface area contributed by atoms with E-state index in [2.05, 4.69) is 16.3 Å². The lowest BCUT2D eigenvalue weighted by Crippen LogP contribution is -2.21. The van der Waals surface area contributed by atoms with Crippen LogP contribution in [0.1, 0.15) is 24.0 Å². The molecule has 0 aliphatic carbocycles. The third-order valence-corrected chi connectivity index (χ3v) is 4.95. The predicted octanol–water partition coefficient (Wildman–Crippen LogP) is 4.35. The standard InChI is InChI=1S/C21H17ClN4O2/c1-2-27-13-9-7-12(8-10-13)19-18-17(14-5-3-4-6-16(14)22)15(11-23)20(24)28-21(18)26-25-19/h3-10,17H,2,24H2,1H3,(H,25,26). The molecule has 0 saturated heterocycles. The molecule has 140 valence electrons. The molecule has 1 aliphatic heterocycles. The van der Waals surface area contributed by atoms with Gasteiger partial charge < -0.3 is 15.2 Å². The number of H-pyrrole nitrogens is 1. The number of rotatable bonds is 4. The third kappa shape index (κ3) is 2.96. The van der Waals surface area contributed by atoms with Crippen molar-refractivity contribution in [3.05, 3.63) is 76.1 Å². The van der Waals surface area contributed by atoms with Crippen LogP contribution in [0.5, 0.6) is 11.6 Å². The van der Waals surface area contributed by atoms with Crippen molar-refractivity contribution in [2.45, 2.75) is 12.8 Å². The zero-order valence-corrected chi connectivity index (χ0v) is 15.8.